The minimum Gasteiger partial charge on any atom is -0.497 e. The van der Waals surface area contributed by atoms with Crippen LogP contribution in [0.3, 0.4) is 0 Å². The number of carbonyl (C=O) groups excluding carboxylic acids is 3. The van der Waals surface area contributed by atoms with E-state index in [1.807, 2.05) is 24.3 Å². The van der Waals surface area contributed by atoms with Crippen LogP contribution >= 0.6 is 43.6 Å². The highest BCUT2D eigenvalue weighted by Gasteiger charge is 2.35. The molecule has 0 atom stereocenters. The van der Waals surface area contributed by atoms with E-state index in [1.165, 1.54) is 4.90 Å². The minimum absolute atomic E-state index is 0.174. The standard InChI is InChI=1S/C25H17Br2NO5S/c1-32-20-9-4-16(5-10-20)24(30)33-21-11-8-19(27)12-17(21)13-22-23(29)28(25(31)34-22)14-15-2-6-18(26)7-3-15/h2-13H,14H2,1H3/b22-13-. The Balaban J connectivity index is 1.56. The molecule has 172 valence electrons. The maximum Gasteiger partial charge on any atom is 0.343 e. The van der Waals surface area contributed by atoms with Crippen LogP contribution in [-0.2, 0) is 11.3 Å². The molecule has 34 heavy (non-hydrogen) atoms. The van der Waals surface area contributed by atoms with Gasteiger partial charge < -0.3 is 9.47 Å². The molecule has 1 aliphatic heterocycles. The van der Waals surface area contributed by atoms with Crippen LogP contribution in [0.4, 0.5) is 4.79 Å². The summed E-state index contributed by atoms with van der Waals surface area (Å²) in [5.74, 6) is -0.0586. The SMILES string of the molecule is COc1ccc(C(=O)Oc2ccc(Br)cc2/C=C2\SC(=O)N(Cc3ccc(Br)cc3)C2=O)cc1. The summed E-state index contributed by atoms with van der Waals surface area (Å²) >= 11 is 7.63. The molecule has 0 aliphatic carbocycles. The second-order valence-corrected chi connectivity index (χ2v) is 10.0. The molecule has 1 heterocycles. The summed E-state index contributed by atoms with van der Waals surface area (Å²) in [6.07, 6.45) is 1.56. The Hall–Kier alpha value is -2.88. The third-order valence-corrected chi connectivity index (χ3v) is 6.84. The van der Waals surface area contributed by atoms with Crippen molar-refractivity contribution in [3.8, 4) is 11.5 Å². The number of methoxy groups -OCH3 is 1. The Kier molecular flexibility index (Phi) is 7.55. The molecule has 0 saturated carbocycles. The van der Waals surface area contributed by atoms with Gasteiger partial charge in [0.2, 0.25) is 0 Å². The van der Waals surface area contributed by atoms with Gasteiger partial charge in [0.05, 0.1) is 24.1 Å². The summed E-state index contributed by atoms with van der Waals surface area (Å²) in [6.45, 7) is 0.174. The van der Waals surface area contributed by atoms with Crippen molar-refractivity contribution in [1.29, 1.82) is 0 Å². The predicted molar refractivity (Wildman–Crippen MR) is 138 cm³/mol. The average Bonchev–Trinajstić information content (AvgIpc) is 3.09. The minimum atomic E-state index is -0.553. The highest BCUT2D eigenvalue weighted by atomic mass is 79.9. The molecule has 3 aromatic rings. The number of hydrogen-bond acceptors (Lipinski definition) is 6. The third kappa shape index (κ3) is 5.60. The molecule has 0 N–H and O–H groups in total. The van der Waals surface area contributed by atoms with Crippen LogP contribution in [0.5, 0.6) is 11.5 Å². The maximum atomic E-state index is 13.0. The van der Waals surface area contributed by atoms with E-state index in [-0.39, 0.29) is 22.4 Å². The van der Waals surface area contributed by atoms with Crippen LogP contribution in [0, 0.1) is 0 Å². The fraction of sp³-hybridized carbons (Fsp3) is 0.0800. The highest BCUT2D eigenvalue weighted by molar-refractivity contribution is 9.10. The lowest BCUT2D eigenvalue weighted by molar-refractivity contribution is -0.123. The molecule has 0 bridgehead atoms. The van der Waals surface area contributed by atoms with Gasteiger partial charge in [-0.25, -0.2) is 4.79 Å². The van der Waals surface area contributed by atoms with E-state index in [4.69, 9.17) is 9.47 Å². The van der Waals surface area contributed by atoms with Gasteiger partial charge in [-0.05, 0) is 78.0 Å². The van der Waals surface area contributed by atoms with E-state index in [1.54, 1.807) is 55.7 Å². The number of ether oxygens (including phenoxy) is 2. The first-order valence-electron chi connectivity index (χ1n) is 9.99. The number of thioether (sulfide) groups is 1. The topological polar surface area (TPSA) is 72.9 Å². The zero-order valence-corrected chi connectivity index (χ0v) is 21.8. The number of amides is 2. The van der Waals surface area contributed by atoms with Gasteiger partial charge in [-0.2, -0.15) is 0 Å². The van der Waals surface area contributed by atoms with Crippen molar-refractivity contribution in [2.24, 2.45) is 0 Å². The Morgan fingerprint density at radius 1 is 0.971 bits per heavy atom. The Labute approximate surface area is 217 Å². The molecule has 1 saturated heterocycles. The van der Waals surface area contributed by atoms with Gasteiger partial charge in [-0.15, -0.1) is 0 Å². The Bertz CT molecular complexity index is 1290. The van der Waals surface area contributed by atoms with Crippen LogP contribution in [0.2, 0.25) is 0 Å². The summed E-state index contributed by atoms with van der Waals surface area (Å²) in [5, 5.41) is -0.356. The molecule has 2 amide bonds. The molecular weight excluding hydrogens is 586 g/mol. The van der Waals surface area contributed by atoms with Crippen molar-refractivity contribution in [3.05, 3.63) is 97.3 Å². The van der Waals surface area contributed by atoms with Crippen molar-refractivity contribution < 1.29 is 23.9 Å². The van der Waals surface area contributed by atoms with Crippen molar-refractivity contribution >= 4 is 66.8 Å². The first-order chi connectivity index (χ1) is 16.3. The smallest absolute Gasteiger partial charge is 0.343 e. The van der Waals surface area contributed by atoms with Crippen LogP contribution < -0.4 is 9.47 Å². The number of rotatable bonds is 6. The molecule has 1 aliphatic rings. The number of imide groups is 1. The zero-order chi connectivity index (χ0) is 24.2. The van der Waals surface area contributed by atoms with Crippen LogP contribution in [0.1, 0.15) is 21.5 Å². The van der Waals surface area contributed by atoms with Crippen LogP contribution in [0.25, 0.3) is 6.08 Å². The normalized spacial score (nSPS) is 14.6. The number of nitrogens with zero attached hydrogens (tertiary/aromatic N) is 1. The highest BCUT2D eigenvalue weighted by Crippen LogP contribution is 2.36. The molecule has 4 rings (SSSR count). The number of carbonyl (C=O) groups is 3. The van der Waals surface area contributed by atoms with Gasteiger partial charge in [0, 0.05) is 14.5 Å². The quantitative estimate of drug-likeness (QED) is 0.178. The Morgan fingerprint density at radius 3 is 2.32 bits per heavy atom. The summed E-state index contributed by atoms with van der Waals surface area (Å²) in [6, 6.07) is 19.0. The molecule has 0 spiro atoms. The monoisotopic (exact) mass is 601 g/mol. The zero-order valence-electron chi connectivity index (χ0n) is 17.8. The summed E-state index contributed by atoms with van der Waals surface area (Å²) < 4.78 is 12.4. The van der Waals surface area contributed by atoms with Gasteiger partial charge in [-0.3, -0.25) is 14.5 Å². The number of esters is 1. The summed E-state index contributed by atoms with van der Waals surface area (Å²) in [4.78, 5) is 39.6. The maximum absolute atomic E-state index is 13.0. The fourth-order valence-corrected chi connectivity index (χ4v) is 4.63. The summed E-state index contributed by atoms with van der Waals surface area (Å²) in [5.41, 5.74) is 1.68. The molecule has 9 heteroatoms. The first-order valence-corrected chi connectivity index (χ1v) is 12.4. The van der Waals surface area contributed by atoms with Gasteiger partial charge in [0.15, 0.2) is 0 Å². The van der Waals surface area contributed by atoms with Crippen molar-refractivity contribution in [2.75, 3.05) is 7.11 Å². The second-order valence-electron chi connectivity index (χ2n) is 7.19. The van der Waals surface area contributed by atoms with Crippen LogP contribution in [-0.4, -0.2) is 29.1 Å². The largest absolute Gasteiger partial charge is 0.497 e. The van der Waals surface area contributed by atoms with E-state index < -0.39 is 11.9 Å². The average molecular weight is 603 g/mol. The predicted octanol–water partition coefficient (Wildman–Crippen LogP) is 6.68. The Morgan fingerprint density at radius 2 is 1.65 bits per heavy atom. The molecule has 3 aromatic carbocycles. The number of hydrogen-bond donors (Lipinski definition) is 0. The molecule has 6 nitrogen and oxygen atoms in total. The van der Waals surface area contributed by atoms with Gasteiger partial charge >= 0.3 is 5.97 Å². The lowest BCUT2D eigenvalue weighted by atomic mass is 10.1. The molecule has 0 radical (unpaired) electrons. The lowest BCUT2D eigenvalue weighted by Gasteiger charge is -2.12. The van der Waals surface area contributed by atoms with E-state index in [0.717, 1.165) is 26.3 Å². The van der Waals surface area contributed by atoms with E-state index >= 15 is 0 Å². The molecule has 0 unspecified atom stereocenters. The van der Waals surface area contributed by atoms with Crippen molar-refractivity contribution in [2.45, 2.75) is 6.54 Å². The lowest BCUT2D eigenvalue weighted by Crippen LogP contribution is -2.27. The summed E-state index contributed by atoms with van der Waals surface area (Å²) in [7, 11) is 1.54. The second kappa shape index (κ2) is 10.6. The van der Waals surface area contributed by atoms with Crippen molar-refractivity contribution in [3.63, 3.8) is 0 Å². The fourth-order valence-electron chi connectivity index (χ4n) is 3.16. The van der Waals surface area contributed by atoms with E-state index in [0.29, 0.717) is 16.9 Å². The van der Waals surface area contributed by atoms with Gasteiger partial charge in [0.1, 0.15) is 11.5 Å². The first kappa shape index (κ1) is 24.3. The van der Waals surface area contributed by atoms with Crippen LogP contribution in [0.15, 0.2) is 80.6 Å². The third-order valence-electron chi connectivity index (χ3n) is 4.91. The van der Waals surface area contributed by atoms with Crippen molar-refractivity contribution in [1.82, 2.24) is 4.90 Å². The van der Waals surface area contributed by atoms with E-state index in [9.17, 15) is 14.4 Å². The molecular formula is C25H17Br2NO5S. The number of benzene rings is 3. The van der Waals surface area contributed by atoms with Gasteiger partial charge in [0.25, 0.3) is 11.1 Å². The van der Waals surface area contributed by atoms with Gasteiger partial charge in [-0.1, -0.05) is 44.0 Å². The molecule has 1 fully saturated rings. The molecule has 0 aromatic heterocycles. The van der Waals surface area contributed by atoms with E-state index in [2.05, 4.69) is 31.9 Å². The number of halogens is 2.